The molecule has 1 fully saturated rings. The first-order valence-corrected chi connectivity index (χ1v) is 8.65. The molecule has 21 heavy (non-hydrogen) atoms. The van der Waals surface area contributed by atoms with E-state index in [1.54, 1.807) is 0 Å². The molecule has 118 valence electrons. The third-order valence-corrected chi connectivity index (χ3v) is 5.15. The summed E-state index contributed by atoms with van der Waals surface area (Å²) in [6.45, 7) is 17.3. The largest absolute Gasteiger partial charge is 0.310 e. The minimum absolute atomic E-state index is 0.498. The van der Waals surface area contributed by atoms with Gasteiger partial charge in [0.25, 0.3) is 0 Å². The lowest BCUT2D eigenvalue weighted by atomic mass is 9.86. The first kappa shape index (κ1) is 16.5. The summed E-state index contributed by atoms with van der Waals surface area (Å²) in [5.41, 5.74) is 5.03. The Morgan fingerprint density at radius 3 is 2.14 bits per heavy atom. The van der Waals surface area contributed by atoms with Crippen LogP contribution in [-0.2, 0) is 0 Å². The average molecular weight is 287 g/mol. The molecule has 1 N–H and O–H groups in total. The van der Waals surface area contributed by atoms with Crippen molar-refractivity contribution in [1.29, 1.82) is 0 Å². The van der Waals surface area contributed by atoms with E-state index in [2.05, 4.69) is 72.0 Å². The first-order valence-electron chi connectivity index (χ1n) is 8.65. The van der Waals surface area contributed by atoms with Crippen LogP contribution in [-0.4, -0.2) is 6.54 Å². The topological polar surface area (TPSA) is 12.0 Å². The van der Waals surface area contributed by atoms with E-state index in [0.29, 0.717) is 23.3 Å². The van der Waals surface area contributed by atoms with Crippen LogP contribution in [0, 0.1) is 11.3 Å². The van der Waals surface area contributed by atoms with Crippen LogP contribution in [0.2, 0.25) is 0 Å². The van der Waals surface area contributed by atoms with Gasteiger partial charge in [0.15, 0.2) is 0 Å². The minimum Gasteiger partial charge on any atom is -0.310 e. The van der Waals surface area contributed by atoms with Crippen LogP contribution >= 0.6 is 0 Å². The molecule has 0 saturated heterocycles. The van der Waals surface area contributed by atoms with Crippen LogP contribution in [0.5, 0.6) is 0 Å². The third kappa shape index (κ3) is 3.51. The fourth-order valence-corrected chi connectivity index (χ4v) is 3.50. The van der Waals surface area contributed by atoms with Crippen molar-refractivity contribution in [3.8, 4) is 0 Å². The molecule has 0 radical (unpaired) electrons. The lowest BCUT2D eigenvalue weighted by Crippen LogP contribution is -2.25. The van der Waals surface area contributed by atoms with Gasteiger partial charge in [0.1, 0.15) is 0 Å². The Bertz CT molecular complexity index is 485. The molecule has 1 nitrogen and oxygen atoms in total. The minimum atomic E-state index is 0.498. The maximum Gasteiger partial charge on any atom is 0.0356 e. The van der Waals surface area contributed by atoms with Crippen molar-refractivity contribution in [3.63, 3.8) is 0 Å². The fraction of sp³-hybridized carbons (Fsp3) is 0.700. The van der Waals surface area contributed by atoms with Crippen molar-refractivity contribution in [2.75, 3.05) is 6.54 Å². The van der Waals surface area contributed by atoms with Gasteiger partial charge in [0.05, 0.1) is 0 Å². The Morgan fingerprint density at radius 1 is 1.10 bits per heavy atom. The molecule has 1 aliphatic carbocycles. The number of hydrogen-bond acceptors (Lipinski definition) is 1. The third-order valence-electron chi connectivity index (χ3n) is 5.15. The lowest BCUT2D eigenvalue weighted by molar-refractivity contribution is 0.420. The highest BCUT2D eigenvalue weighted by Gasteiger charge is 2.50. The molecule has 0 bridgehead atoms. The molecule has 1 aliphatic rings. The van der Waals surface area contributed by atoms with E-state index >= 15 is 0 Å². The summed E-state index contributed by atoms with van der Waals surface area (Å²) < 4.78 is 0. The molecule has 1 heteroatoms. The molecule has 1 aromatic rings. The zero-order valence-corrected chi connectivity index (χ0v) is 15.0. The second kappa shape index (κ2) is 6.12. The molecule has 0 aliphatic heterocycles. The van der Waals surface area contributed by atoms with Gasteiger partial charge >= 0.3 is 0 Å². The Kier molecular flexibility index (Phi) is 4.82. The van der Waals surface area contributed by atoms with Crippen LogP contribution in [0.4, 0.5) is 0 Å². The number of benzene rings is 1. The normalized spacial score (nSPS) is 21.9. The summed E-state index contributed by atoms with van der Waals surface area (Å²) in [7, 11) is 0. The van der Waals surface area contributed by atoms with Crippen molar-refractivity contribution in [2.45, 2.75) is 72.8 Å². The summed E-state index contributed by atoms with van der Waals surface area (Å²) in [6, 6.07) is 7.70. The van der Waals surface area contributed by atoms with Gasteiger partial charge in [0, 0.05) is 6.04 Å². The highest BCUT2D eigenvalue weighted by atomic mass is 14.9. The van der Waals surface area contributed by atoms with Crippen molar-refractivity contribution in [2.24, 2.45) is 11.3 Å². The summed E-state index contributed by atoms with van der Waals surface area (Å²) in [5, 5.41) is 3.76. The van der Waals surface area contributed by atoms with Crippen LogP contribution < -0.4 is 5.32 Å². The monoisotopic (exact) mass is 287 g/mol. The standard InChI is InChI=1S/C20H33N/c1-8-21-19(18-12-20(18,6)7)16-10-9-15(13(2)3)11-17(16)14(4)5/h9-11,13-14,18-19,21H,8,12H2,1-7H3. The van der Waals surface area contributed by atoms with Crippen molar-refractivity contribution in [1.82, 2.24) is 5.32 Å². The zero-order valence-electron chi connectivity index (χ0n) is 15.0. The van der Waals surface area contributed by atoms with E-state index in [1.165, 1.54) is 23.1 Å². The molecule has 2 atom stereocenters. The Morgan fingerprint density at radius 2 is 1.71 bits per heavy atom. The lowest BCUT2D eigenvalue weighted by Gasteiger charge is -2.26. The number of nitrogens with one attached hydrogen (secondary N) is 1. The van der Waals surface area contributed by atoms with E-state index in [0.717, 1.165) is 12.5 Å². The summed E-state index contributed by atoms with van der Waals surface area (Å²) in [5.74, 6) is 1.97. The summed E-state index contributed by atoms with van der Waals surface area (Å²) >= 11 is 0. The van der Waals surface area contributed by atoms with Crippen LogP contribution in [0.3, 0.4) is 0 Å². The Balaban J connectivity index is 2.40. The molecule has 0 amide bonds. The maximum atomic E-state index is 3.76. The van der Waals surface area contributed by atoms with Crippen molar-refractivity contribution < 1.29 is 0 Å². The predicted octanol–water partition coefficient (Wildman–Crippen LogP) is 5.63. The molecule has 0 aromatic heterocycles. The van der Waals surface area contributed by atoms with Gasteiger partial charge in [-0.15, -0.1) is 0 Å². The van der Waals surface area contributed by atoms with E-state index in [4.69, 9.17) is 0 Å². The first-order chi connectivity index (χ1) is 9.77. The van der Waals surface area contributed by atoms with E-state index < -0.39 is 0 Å². The zero-order chi connectivity index (χ0) is 15.8. The molecular weight excluding hydrogens is 254 g/mol. The average Bonchev–Trinajstić information content (AvgIpc) is 3.03. The van der Waals surface area contributed by atoms with E-state index in [-0.39, 0.29) is 0 Å². The van der Waals surface area contributed by atoms with Gasteiger partial charge in [-0.3, -0.25) is 0 Å². The number of rotatable bonds is 6. The van der Waals surface area contributed by atoms with E-state index in [1.807, 2.05) is 0 Å². The molecule has 1 aromatic carbocycles. The van der Waals surface area contributed by atoms with Gasteiger partial charge in [-0.25, -0.2) is 0 Å². The molecular formula is C20H33N. The molecule has 0 heterocycles. The molecule has 1 saturated carbocycles. The van der Waals surface area contributed by atoms with Gasteiger partial charge in [-0.2, -0.15) is 0 Å². The van der Waals surface area contributed by atoms with Crippen LogP contribution in [0.25, 0.3) is 0 Å². The molecule has 0 spiro atoms. The highest BCUT2D eigenvalue weighted by molar-refractivity contribution is 5.39. The summed E-state index contributed by atoms with van der Waals surface area (Å²) in [4.78, 5) is 0. The molecule has 2 rings (SSSR count). The fourth-order valence-electron chi connectivity index (χ4n) is 3.50. The van der Waals surface area contributed by atoms with Crippen molar-refractivity contribution in [3.05, 3.63) is 34.9 Å². The Hall–Kier alpha value is -0.820. The summed E-state index contributed by atoms with van der Waals surface area (Å²) in [6.07, 6.45) is 1.34. The Labute approximate surface area is 131 Å². The second-order valence-electron chi connectivity index (χ2n) is 8.03. The van der Waals surface area contributed by atoms with Crippen LogP contribution in [0.1, 0.15) is 89.5 Å². The van der Waals surface area contributed by atoms with E-state index in [9.17, 15) is 0 Å². The van der Waals surface area contributed by atoms with Gasteiger partial charge in [-0.1, -0.05) is 66.7 Å². The SMILES string of the molecule is CCNC(c1ccc(C(C)C)cc1C(C)C)C1CC1(C)C. The van der Waals surface area contributed by atoms with Crippen molar-refractivity contribution >= 4 is 0 Å². The quantitative estimate of drug-likeness (QED) is 0.715. The smallest absolute Gasteiger partial charge is 0.0356 e. The molecule has 2 unspecified atom stereocenters. The van der Waals surface area contributed by atoms with Gasteiger partial charge < -0.3 is 5.32 Å². The second-order valence-corrected chi connectivity index (χ2v) is 8.03. The highest BCUT2D eigenvalue weighted by Crippen LogP contribution is 2.58. The van der Waals surface area contributed by atoms with Gasteiger partial charge in [-0.05, 0) is 52.8 Å². The number of hydrogen-bond donors (Lipinski definition) is 1. The van der Waals surface area contributed by atoms with Gasteiger partial charge in [0.2, 0.25) is 0 Å². The van der Waals surface area contributed by atoms with Crippen LogP contribution in [0.15, 0.2) is 18.2 Å². The maximum absolute atomic E-state index is 3.76. The predicted molar refractivity (Wildman–Crippen MR) is 92.9 cm³/mol.